The van der Waals surface area contributed by atoms with Gasteiger partial charge in [-0.25, -0.2) is 4.98 Å². The third-order valence-corrected chi connectivity index (χ3v) is 5.95. The van der Waals surface area contributed by atoms with Gasteiger partial charge in [-0.1, -0.05) is 12.1 Å². The van der Waals surface area contributed by atoms with Crippen molar-refractivity contribution in [2.24, 2.45) is 0 Å². The molecule has 5 rings (SSSR count). The minimum absolute atomic E-state index is 0.0851. The number of rotatable bonds is 4. The van der Waals surface area contributed by atoms with Gasteiger partial charge in [0.2, 0.25) is 11.8 Å². The van der Waals surface area contributed by atoms with Gasteiger partial charge in [0.25, 0.3) is 0 Å². The molecule has 2 amide bonds. The second-order valence-corrected chi connectivity index (χ2v) is 7.81. The number of imidazole rings is 1. The Morgan fingerprint density at radius 1 is 1.15 bits per heavy atom. The molecule has 1 aliphatic carbocycles. The van der Waals surface area contributed by atoms with Gasteiger partial charge >= 0.3 is 0 Å². The summed E-state index contributed by atoms with van der Waals surface area (Å²) in [5.41, 5.74) is 1.90. The zero-order valence-electron chi connectivity index (χ0n) is 14.9. The van der Waals surface area contributed by atoms with Crippen molar-refractivity contribution < 1.29 is 9.59 Å². The fourth-order valence-corrected chi connectivity index (χ4v) is 4.42. The van der Waals surface area contributed by atoms with E-state index in [1.165, 1.54) is 0 Å². The smallest absolute Gasteiger partial charge is 0.242 e. The highest BCUT2D eigenvalue weighted by molar-refractivity contribution is 5.83. The maximum atomic E-state index is 12.8. The van der Waals surface area contributed by atoms with Crippen LogP contribution in [0.4, 0.5) is 0 Å². The van der Waals surface area contributed by atoms with Gasteiger partial charge in [0, 0.05) is 38.0 Å². The number of fused-ring (bicyclic) bond motifs is 1. The zero-order valence-corrected chi connectivity index (χ0v) is 14.9. The van der Waals surface area contributed by atoms with Crippen molar-refractivity contribution in [1.29, 1.82) is 0 Å². The minimum Gasteiger partial charge on any atom is -0.341 e. The van der Waals surface area contributed by atoms with Crippen LogP contribution >= 0.6 is 0 Å². The Morgan fingerprint density at radius 2 is 1.92 bits per heavy atom. The van der Waals surface area contributed by atoms with Crippen molar-refractivity contribution in [2.45, 2.75) is 50.6 Å². The molecule has 1 aromatic carbocycles. The van der Waals surface area contributed by atoms with Gasteiger partial charge in [-0.3, -0.25) is 9.59 Å². The molecule has 2 saturated heterocycles. The Labute approximate surface area is 152 Å². The Hall–Kier alpha value is -2.37. The lowest BCUT2D eigenvalue weighted by Crippen LogP contribution is -2.32. The lowest BCUT2D eigenvalue weighted by atomic mass is 10.1. The van der Waals surface area contributed by atoms with Crippen molar-refractivity contribution in [3.63, 3.8) is 0 Å². The molecule has 0 spiro atoms. The number of likely N-dealkylation sites (tertiary alicyclic amines) is 2. The fraction of sp³-hybridized carbons (Fsp3) is 0.550. The number of hydrogen-bond acceptors (Lipinski definition) is 3. The molecule has 3 fully saturated rings. The maximum Gasteiger partial charge on any atom is 0.242 e. The fourth-order valence-electron chi connectivity index (χ4n) is 4.42. The number of carbonyl (C=O) groups excluding carboxylic acids is 2. The number of hydrogen-bond donors (Lipinski definition) is 0. The van der Waals surface area contributed by atoms with E-state index in [4.69, 9.17) is 4.98 Å². The molecule has 1 atom stereocenters. The van der Waals surface area contributed by atoms with Crippen molar-refractivity contribution in [3.8, 4) is 0 Å². The summed E-state index contributed by atoms with van der Waals surface area (Å²) in [6, 6.07) is 8.42. The number of amides is 2. The average molecular weight is 352 g/mol. The molecule has 6 nitrogen and oxygen atoms in total. The van der Waals surface area contributed by atoms with Gasteiger partial charge in [-0.05, 0) is 37.8 Å². The largest absolute Gasteiger partial charge is 0.341 e. The molecule has 26 heavy (non-hydrogen) atoms. The van der Waals surface area contributed by atoms with Crippen molar-refractivity contribution in [1.82, 2.24) is 19.4 Å². The SMILES string of the molecule is O=C(Cn1c(C2CC(=O)N(C3CC3)C2)nc2ccccc21)N1CCCC1. The first kappa shape index (κ1) is 15.9. The van der Waals surface area contributed by atoms with Crippen LogP contribution in [-0.2, 0) is 16.1 Å². The molecule has 6 heteroatoms. The summed E-state index contributed by atoms with van der Waals surface area (Å²) in [6.07, 6.45) is 4.95. The highest BCUT2D eigenvalue weighted by Crippen LogP contribution is 2.37. The summed E-state index contributed by atoms with van der Waals surface area (Å²) in [6.45, 7) is 2.78. The van der Waals surface area contributed by atoms with E-state index in [2.05, 4.69) is 4.57 Å². The van der Waals surface area contributed by atoms with Crippen LogP contribution in [0, 0.1) is 0 Å². The molecule has 0 radical (unpaired) electrons. The van der Waals surface area contributed by atoms with Crippen LogP contribution in [0.3, 0.4) is 0 Å². The molecule has 0 bridgehead atoms. The third-order valence-electron chi connectivity index (χ3n) is 5.95. The number of aromatic nitrogens is 2. The van der Waals surface area contributed by atoms with Gasteiger partial charge < -0.3 is 14.4 Å². The van der Waals surface area contributed by atoms with Crippen LogP contribution in [-0.4, -0.2) is 56.8 Å². The quantitative estimate of drug-likeness (QED) is 0.847. The number of nitrogens with zero attached hydrogens (tertiary/aromatic N) is 4. The first-order chi connectivity index (χ1) is 12.7. The van der Waals surface area contributed by atoms with E-state index in [9.17, 15) is 9.59 Å². The van der Waals surface area contributed by atoms with Gasteiger partial charge in [-0.15, -0.1) is 0 Å². The number of benzene rings is 1. The Kier molecular flexibility index (Phi) is 3.72. The first-order valence-electron chi connectivity index (χ1n) is 9.73. The molecule has 2 aromatic rings. The lowest BCUT2D eigenvalue weighted by Gasteiger charge is -2.19. The predicted octanol–water partition coefficient (Wildman–Crippen LogP) is 2.14. The topological polar surface area (TPSA) is 58.4 Å². The number of para-hydroxylation sites is 2. The Morgan fingerprint density at radius 3 is 2.69 bits per heavy atom. The van der Waals surface area contributed by atoms with Crippen LogP contribution in [0.15, 0.2) is 24.3 Å². The van der Waals surface area contributed by atoms with E-state index in [1.54, 1.807) is 0 Å². The van der Waals surface area contributed by atoms with Crippen LogP contribution in [0.1, 0.15) is 43.8 Å². The van der Waals surface area contributed by atoms with E-state index in [1.807, 2.05) is 34.1 Å². The normalized spacial score (nSPS) is 23.4. The summed E-state index contributed by atoms with van der Waals surface area (Å²) in [7, 11) is 0. The summed E-state index contributed by atoms with van der Waals surface area (Å²) in [5.74, 6) is 1.38. The highest BCUT2D eigenvalue weighted by atomic mass is 16.2. The maximum absolute atomic E-state index is 12.8. The van der Waals surface area contributed by atoms with E-state index < -0.39 is 0 Å². The second-order valence-electron chi connectivity index (χ2n) is 7.81. The lowest BCUT2D eigenvalue weighted by molar-refractivity contribution is -0.130. The summed E-state index contributed by atoms with van der Waals surface area (Å²) >= 11 is 0. The number of carbonyl (C=O) groups is 2. The molecule has 1 aromatic heterocycles. The molecular formula is C20H24N4O2. The molecule has 3 heterocycles. The molecule has 3 aliphatic rings. The first-order valence-corrected chi connectivity index (χ1v) is 9.73. The highest BCUT2D eigenvalue weighted by Gasteiger charge is 2.41. The average Bonchev–Trinajstić information content (AvgIpc) is 3.07. The standard InChI is InChI=1S/C20H24N4O2/c25-18-11-14(12-23(18)15-7-8-15)20-21-16-5-1-2-6-17(16)24(20)13-19(26)22-9-3-4-10-22/h1-2,5-6,14-15H,3-4,7-13H2. The molecule has 0 N–H and O–H groups in total. The minimum atomic E-state index is 0.0851. The predicted molar refractivity (Wildman–Crippen MR) is 97.6 cm³/mol. The molecule has 136 valence electrons. The van der Waals surface area contributed by atoms with Crippen LogP contribution < -0.4 is 0 Å². The van der Waals surface area contributed by atoms with Crippen LogP contribution in [0.25, 0.3) is 11.0 Å². The van der Waals surface area contributed by atoms with Gasteiger partial charge in [0.05, 0.1) is 11.0 Å². The van der Waals surface area contributed by atoms with Crippen molar-refractivity contribution in [2.75, 3.05) is 19.6 Å². The third kappa shape index (κ3) is 2.68. The van der Waals surface area contributed by atoms with Gasteiger partial charge in [0.15, 0.2) is 0 Å². The Balaban J connectivity index is 1.48. The van der Waals surface area contributed by atoms with E-state index >= 15 is 0 Å². The molecule has 1 unspecified atom stereocenters. The summed E-state index contributed by atoms with van der Waals surface area (Å²) in [4.78, 5) is 34.0. The van der Waals surface area contributed by atoms with Crippen LogP contribution in [0.2, 0.25) is 0 Å². The van der Waals surface area contributed by atoms with Gasteiger partial charge in [0.1, 0.15) is 12.4 Å². The summed E-state index contributed by atoms with van der Waals surface area (Å²) < 4.78 is 2.06. The zero-order chi connectivity index (χ0) is 17.7. The van der Waals surface area contributed by atoms with Crippen molar-refractivity contribution in [3.05, 3.63) is 30.1 Å². The molecular weight excluding hydrogens is 328 g/mol. The molecule has 1 saturated carbocycles. The molecule has 2 aliphatic heterocycles. The van der Waals surface area contributed by atoms with Crippen molar-refractivity contribution >= 4 is 22.8 Å². The Bertz CT molecular complexity index is 864. The van der Waals surface area contributed by atoms with Crippen LogP contribution in [0.5, 0.6) is 0 Å². The van der Waals surface area contributed by atoms with E-state index in [0.717, 1.165) is 62.2 Å². The van der Waals surface area contributed by atoms with E-state index in [-0.39, 0.29) is 17.7 Å². The summed E-state index contributed by atoms with van der Waals surface area (Å²) in [5, 5.41) is 0. The van der Waals surface area contributed by atoms with E-state index in [0.29, 0.717) is 19.0 Å². The second kappa shape index (κ2) is 6.11. The monoisotopic (exact) mass is 352 g/mol. The van der Waals surface area contributed by atoms with Gasteiger partial charge in [-0.2, -0.15) is 0 Å².